The van der Waals surface area contributed by atoms with Crippen molar-refractivity contribution < 1.29 is 4.79 Å². The summed E-state index contributed by atoms with van der Waals surface area (Å²) in [5, 5.41) is 6.40. The summed E-state index contributed by atoms with van der Waals surface area (Å²) in [6, 6.07) is 0.509. The van der Waals surface area contributed by atoms with Crippen LogP contribution in [0, 0.1) is 0 Å². The number of carbonyl (C=O) groups excluding carboxylic acids is 1. The SMILES string of the molecule is CCCCC(=O)NCC1CCCCN1. The molecule has 0 spiro atoms. The molecule has 0 aromatic carbocycles. The number of hydrogen-bond acceptors (Lipinski definition) is 2. The maximum atomic E-state index is 11.3. The van der Waals surface area contributed by atoms with Crippen molar-refractivity contribution in [3.05, 3.63) is 0 Å². The molecule has 14 heavy (non-hydrogen) atoms. The van der Waals surface area contributed by atoms with Crippen molar-refractivity contribution in [3.8, 4) is 0 Å². The lowest BCUT2D eigenvalue weighted by atomic mass is 10.1. The van der Waals surface area contributed by atoms with E-state index in [1.165, 1.54) is 19.3 Å². The van der Waals surface area contributed by atoms with Gasteiger partial charge in [0.15, 0.2) is 0 Å². The summed E-state index contributed by atoms with van der Waals surface area (Å²) < 4.78 is 0. The van der Waals surface area contributed by atoms with Gasteiger partial charge in [0.1, 0.15) is 0 Å². The molecule has 2 N–H and O–H groups in total. The van der Waals surface area contributed by atoms with Crippen LogP contribution in [0.1, 0.15) is 45.4 Å². The summed E-state index contributed by atoms with van der Waals surface area (Å²) in [7, 11) is 0. The molecule has 0 aliphatic carbocycles. The first-order valence-corrected chi connectivity index (χ1v) is 5.83. The van der Waals surface area contributed by atoms with Gasteiger partial charge in [-0.2, -0.15) is 0 Å². The maximum Gasteiger partial charge on any atom is 0.220 e. The molecule has 0 radical (unpaired) electrons. The van der Waals surface area contributed by atoms with Crippen LogP contribution in [0.15, 0.2) is 0 Å². The number of amides is 1. The second-order valence-electron chi connectivity index (χ2n) is 4.05. The van der Waals surface area contributed by atoms with Gasteiger partial charge in [0.05, 0.1) is 0 Å². The predicted molar refractivity (Wildman–Crippen MR) is 58.2 cm³/mol. The van der Waals surface area contributed by atoms with Gasteiger partial charge in [0.25, 0.3) is 0 Å². The van der Waals surface area contributed by atoms with Gasteiger partial charge in [-0.05, 0) is 25.8 Å². The fraction of sp³-hybridized carbons (Fsp3) is 0.909. The number of rotatable bonds is 5. The molecule has 1 unspecified atom stereocenters. The Morgan fingerprint density at radius 2 is 2.36 bits per heavy atom. The standard InChI is InChI=1S/C11H22N2O/c1-2-3-7-11(14)13-9-10-6-4-5-8-12-10/h10,12H,2-9H2,1H3,(H,13,14). The van der Waals surface area contributed by atoms with Crippen LogP contribution in [0.2, 0.25) is 0 Å². The molecule has 3 heteroatoms. The lowest BCUT2D eigenvalue weighted by molar-refractivity contribution is -0.121. The number of nitrogens with one attached hydrogen (secondary N) is 2. The van der Waals surface area contributed by atoms with Gasteiger partial charge in [-0.15, -0.1) is 0 Å². The van der Waals surface area contributed by atoms with E-state index in [0.29, 0.717) is 12.5 Å². The van der Waals surface area contributed by atoms with Gasteiger partial charge in [0.2, 0.25) is 5.91 Å². The van der Waals surface area contributed by atoms with Crippen LogP contribution < -0.4 is 10.6 Å². The predicted octanol–water partition coefficient (Wildman–Crippen LogP) is 1.43. The fourth-order valence-electron chi connectivity index (χ4n) is 1.76. The zero-order valence-electron chi connectivity index (χ0n) is 9.14. The van der Waals surface area contributed by atoms with Gasteiger partial charge in [-0.1, -0.05) is 19.8 Å². The molecule has 1 amide bonds. The molecule has 1 fully saturated rings. The Balaban J connectivity index is 2.03. The molecule has 0 bridgehead atoms. The molecular formula is C11H22N2O. The summed E-state index contributed by atoms with van der Waals surface area (Å²) in [5.74, 6) is 0.208. The Kier molecular flexibility index (Phi) is 5.60. The van der Waals surface area contributed by atoms with Crippen LogP contribution in [0.3, 0.4) is 0 Å². The maximum absolute atomic E-state index is 11.3. The summed E-state index contributed by atoms with van der Waals surface area (Å²) in [6.07, 6.45) is 6.55. The first-order valence-electron chi connectivity index (χ1n) is 5.83. The van der Waals surface area contributed by atoms with E-state index in [9.17, 15) is 4.79 Å². The lowest BCUT2D eigenvalue weighted by Crippen LogP contribution is -2.43. The van der Waals surface area contributed by atoms with Gasteiger partial charge in [0, 0.05) is 19.0 Å². The van der Waals surface area contributed by atoms with Crippen molar-refractivity contribution in [3.63, 3.8) is 0 Å². The zero-order chi connectivity index (χ0) is 10.2. The van der Waals surface area contributed by atoms with Crippen molar-refractivity contribution in [2.75, 3.05) is 13.1 Å². The summed E-state index contributed by atoms with van der Waals surface area (Å²) in [4.78, 5) is 11.3. The second kappa shape index (κ2) is 6.82. The minimum atomic E-state index is 0.208. The zero-order valence-corrected chi connectivity index (χ0v) is 9.14. The molecule has 1 aliphatic rings. The highest BCUT2D eigenvalue weighted by Gasteiger charge is 2.12. The quantitative estimate of drug-likeness (QED) is 0.701. The third-order valence-electron chi connectivity index (χ3n) is 2.72. The molecule has 0 aromatic rings. The summed E-state index contributed by atoms with van der Waals surface area (Å²) in [5.41, 5.74) is 0. The molecular weight excluding hydrogens is 176 g/mol. The molecule has 1 heterocycles. The van der Waals surface area contributed by atoms with Crippen LogP contribution in [0.4, 0.5) is 0 Å². The van der Waals surface area contributed by atoms with E-state index in [0.717, 1.165) is 25.9 Å². The highest BCUT2D eigenvalue weighted by atomic mass is 16.1. The van der Waals surface area contributed by atoms with Crippen molar-refractivity contribution in [1.82, 2.24) is 10.6 Å². The minimum absolute atomic E-state index is 0.208. The molecule has 3 nitrogen and oxygen atoms in total. The normalized spacial score (nSPS) is 21.9. The third-order valence-corrected chi connectivity index (χ3v) is 2.72. The van der Waals surface area contributed by atoms with Crippen LogP contribution in [-0.4, -0.2) is 25.0 Å². The Morgan fingerprint density at radius 3 is 3.00 bits per heavy atom. The Bertz CT molecular complexity index is 165. The Morgan fingerprint density at radius 1 is 1.50 bits per heavy atom. The van der Waals surface area contributed by atoms with Crippen LogP contribution in [0.5, 0.6) is 0 Å². The largest absolute Gasteiger partial charge is 0.355 e. The second-order valence-corrected chi connectivity index (χ2v) is 4.05. The summed E-state index contributed by atoms with van der Waals surface area (Å²) in [6.45, 7) is 4.02. The van der Waals surface area contributed by atoms with E-state index in [-0.39, 0.29) is 5.91 Å². The van der Waals surface area contributed by atoms with Gasteiger partial charge < -0.3 is 10.6 Å². The molecule has 0 saturated carbocycles. The number of carbonyl (C=O) groups is 1. The minimum Gasteiger partial charge on any atom is -0.355 e. The number of unbranched alkanes of at least 4 members (excludes halogenated alkanes) is 1. The van der Waals surface area contributed by atoms with E-state index >= 15 is 0 Å². The fourth-order valence-corrected chi connectivity index (χ4v) is 1.76. The topological polar surface area (TPSA) is 41.1 Å². The summed E-state index contributed by atoms with van der Waals surface area (Å²) >= 11 is 0. The van der Waals surface area contributed by atoms with E-state index in [1.807, 2.05) is 0 Å². The third kappa shape index (κ3) is 4.61. The molecule has 1 rings (SSSR count). The van der Waals surface area contributed by atoms with Crippen molar-refractivity contribution in [1.29, 1.82) is 0 Å². The van der Waals surface area contributed by atoms with Crippen LogP contribution in [-0.2, 0) is 4.79 Å². The first-order chi connectivity index (χ1) is 6.83. The van der Waals surface area contributed by atoms with Gasteiger partial charge >= 0.3 is 0 Å². The highest BCUT2D eigenvalue weighted by molar-refractivity contribution is 5.75. The van der Waals surface area contributed by atoms with Crippen molar-refractivity contribution in [2.45, 2.75) is 51.5 Å². The molecule has 1 atom stereocenters. The smallest absolute Gasteiger partial charge is 0.220 e. The van der Waals surface area contributed by atoms with Gasteiger partial charge in [-0.3, -0.25) is 4.79 Å². The van der Waals surface area contributed by atoms with E-state index in [2.05, 4.69) is 17.6 Å². The van der Waals surface area contributed by atoms with Crippen LogP contribution in [0.25, 0.3) is 0 Å². The van der Waals surface area contributed by atoms with Crippen LogP contribution >= 0.6 is 0 Å². The Hall–Kier alpha value is -0.570. The molecule has 0 aromatic heterocycles. The molecule has 1 aliphatic heterocycles. The lowest BCUT2D eigenvalue weighted by Gasteiger charge is -2.23. The monoisotopic (exact) mass is 198 g/mol. The van der Waals surface area contributed by atoms with Gasteiger partial charge in [-0.25, -0.2) is 0 Å². The number of hydrogen-bond donors (Lipinski definition) is 2. The number of piperidine rings is 1. The van der Waals surface area contributed by atoms with E-state index in [1.54, 1.807) is 0 Å². The average molecular weight is 198 g/mol. The average Bonchev–Trinajstić information content (AvgIpc) is 2.25. The Labute approximate surface area is 86.6 Å². The van der Waals surface area contributed by atoms with Crippen molar-refractivity contribution >= 4 is 5.91 Å². The molecule has 1 saturated heterocycles. The molecule has 82 valence electrons. The van der Waals surface area contributed by atoms with E-state index < -0.39 is 0 Å². The van der Waals surface area contributed by atoms with Crippen molar-refractivity contribution in [2.24, 2.45) is 0 Å². The highest BCUT2D eigenvalue weighted by Crippen LogP contribution is 2.05. The van der Waals surface area contributed by atoms with E-state index in [4.69, 9.17) is 0 Å². The first kappa shape index (κ1) is 11.5.